The van der Waals surface area contributed by atoms with Crippen LogP contribution >= 0.6 is 23.4 Å². The number of carbonyl (C=O) groups excluding carboxylic acids is 1. The van der Waals surface area contributed by atoms with Crippen molar-refractivity contribution in [3.63, 3.8) is 0 Å². The molecule has 2 heterocycles. The minimum Gasteiger partial charge on any atom is -0.369 e. The number of carbonyl (C=O) groups is 1. The maximum atomic E-state index is 13.0. The molecule has 0 unspecified atom stereocenters. The Morgan fingerprint density at radius 1 is 1.00 bits per heavy atom. The summed E-state index contributed by atoms with van der Waals surface area (Å²) in [7, 11) is -3.60. The second-order valence-electron chi connectivity index (χ2n) is 6.36. The molecule has 9 heteroatoms. The number of benzene rings is 2. The summed E-state index contributed by atoms with van der Waals surface area (Å²) in [5.41, 5.74) is 1.60. The summed E-state index contributed by atoms with van der Waals surface area (Å²) in [5, 5.41) is 3.42. The van der Waals surface area contributed by atoms with Crippen molar-refractivity contribution in [2.24, 2.45) is 0 Å². The molecule has 2 aliphatic heterocycles. The van der Waals surface area contributed by atoms with Crippen LogP contribution in [0, 0.1) is 0 Å². The molecule has 0 aromatic heterocycles. The van der Waals surface area contributed by atoms with E-state index in [1.54, 1.807) is 18.2 Å². The van der Waals surface area contributed by atoms with Gasteiger partial charge < -0.3 is 10.2 Å². The van der Waals surface area contributed by atoms with Crippen LogP contribution in [0.5, 0.6) is 0 Å². The Kier molecular flexibility index (Phi) is 5.07. The molecule has 6 nitrogen and oxygen atoms in total. The summed E-state index contributed by atoms with van der Waals surface area (Å²) < 4.78 is 27.5. The van der Waals surface area contributed by atoms with Gasteiger partial charge in [-0.05, 0) is 42.5 Å². The van der Waals surface area contributed by atoms with Crippen LogP contribution in [-0.4, -0.2) is 50.6 Å². The first-order valence-corrected chi connectivity index (χ1v) is 11.3. The lowest BCUT2D eigenvalue weighted by molar-refractivity contribution is -0.113. The zero-order valence-electron chi connectivity index (χ0n) is 14.4. The molecule has 4 rings (SSSR count). The van der Waals surface area contributed by atoms with Crippen molar-refractivity contribution in [1.29, 1.82) is 0 Å². The maximum absolute atomic E-state index is 13.0. The number of rotatable bonds is 3. The van der Waals surface area contributed by atoms with Crippen LogP contribution in [-0.2, 0) is 14.8 Å². The molecule has 1 fully saturated rings. The first-order valence-electron chi connectivity index (χ1n) is 8.51. The van der Waals surface area contributed by atoms with Gasteiger partial charge in [-0.1, -0.05) is 11.6 Å². The van der Waals surface area contributed by atoms with E-state index < -0.39 is 10.0 Å². The molecule has 1 amide bonds. The fraction of sp³-hybridized carbons (Fsp3) is 0.278. The highest BCUT2D eigenvalue weighted by atomic mass is 35.5. The highest BCUT2D eigenvalue weighted by Gasteiger charge is 2.29. The van der Waals surface area contributed by atoms with E-state index in [1.165, 1.54) is 16.1 Å². The van der Waals surface area contributed by atoms with Crippen molar-refractivity contribution in [2.75, 3.05) is 42.1 Å². The predicted octanol–water partition coefficient (Wildman–Crippen LogP) is 2.90. The van der Waals surface area contributed by atoms with Gasteiger partial charge in [0.05, 0.1) is 16.3 Å². The molecule has 0 aliphatic carbocycles. The number of fused-ring (bicyclic) bond motifs is 1. The number of nitrogens with zero attached hydrogens (tertiary/aromatic N) is 2. The van der Waals surface area contributed by atoms with Crippen LogP contribution in [0.25, 0.3) is 0 Å². The van der Waals surface area contributed by atoms with Crippen molar-refractivity contribution < 1.29 is 13.2 Å². The van der Waals surface area contributed by atoms with Gasteiger partial charge in [0, 0.05) is 41.8 Å². The molecular weight excluding hydrogens is 406 g/mol. The molecule has 2 aromatic carbocycles. The molecule has 2 aliphatic rings. The molecule has 2 aromatic rings. The highest BCUT2D eigenvalue weighted by Crippen LogP contribution is 2.34. The molecule has 142 valence electrons. The molecule has 0 spiro atoms. The lowest BCUT2D eigenvalue weighted by Crippen LogP contribution is -2.48. The Hall–Kier alpha value is -1.74. The molecule has 0 radical (unpaired) electrons. The second-order valence-corrected chi connectivity index (χ2v) is 9.75. The fourth-order valence-corrected chi connectivity index (χ4v) is 5.57. The molecule has 0 bridgehead atoms. The number of hydrogen-bond donors (Lipinski definition) is 1. The summed E-state index contributed by atoms with van der Waals surface area (Å²) in [5.74, 6) is 0.241. The van der Waals surface area contributed by atoms with Gasteiger partial charge in [-0.15, -0.1) is 11.8 Å². The van der Waals surface area contributed by atoms with E-state index in [2.05, 4.69) is 10.2 Å². The van der Waals surface area contributed by atoms with E-state index in [0.29, 0.717) is 42.6 Å². The Labute approximate surface area is 167 Å². The lowest BCUT2D eigenvalue weighted by atomic mass is 10.2. The van der Waals surface area contributed by atoms with Crippen molar-refractivity contribution >= 4 is 50.7 Å². The van der Waals surface area contributed by atoms with Crippen LogP contribution in [0.2, 0.25) is 5.02 Å². The van der Waals surface area contributed by atoms with Gasteiger partial charge in [-0.3, -0.25) is 4.79 Å². The number of sulfonamides is 1. The Bertz CT molecular complexity index is 972. The number of halogens is 1. The number of piperazine rings is 1. The van der Waals surface area contributed by atoms with Crippen LogP contribution in [0.1, 0.15) is 0 Å². The summed E-state index contributed by atoms with van der Waals surface area (Å²) in [4.78, 5) is 14.8. The average Bonchev–Trinajstić information content (AvgIpc) is 2.68. The minimum atomic E-state index is -3.60. The van der Waals surface area contributed by atoms with Crippen molar-refractivity contribution in [3.05, 3.63) is 47.5 Å². The Balaban J connectivity index is 1.49. The second kappa shape index (κ2) is 7.35. The van der Waals surface area contributed by atoms with E-state index in [1.807, 2.05) is 24.3 Å². The summed E-state index contributed by atoms with van der Waals surface area (Å²) in [6, 6.07) is 12.5. The molecule has 1 saturated heterocycles. The van der Waals surface area contributed by atoms with Crippen LogP contribution in [0.15, 0.2) is 52.3 Å². The van der Waals surface area contributed by atoms with Gasteiger partial charge >= 0.3 is 0 Å². The number of hydrogen-bond acceptors (Lipinski definition) is 5. The molecule has 0 atom stereocenters. The third-order valence-corrected chi connectivity index (χ3v) is 7.87. The first-order chi connectivity index (χ1) is 12.9. The van der Waals surface area contributed by atoms with Gasteiger partial charge in [-0.2, -0.15) is 4.31 Å². The predicted molar refractivity (Wildman–Crippen MR) is 108 cm³/mol. The van der Waals surface area contributed by atoms with E-state index >= 15 is 0 Å². The lowest BCUT2D eigenvalue weighted by Gasteiger charge is -2.35. The molecular formula is C18H18ClN3O3S2. The monoisotopic (exact) mass is 423 g/mol. The standard InChI is InChI=1S/C18H18ClN3O3S2/c19-13-1-3-14(4-2-13)21-7-9-22(10-8-21)27(24,25)15-5-6-17-16(11-15)20-18(23)12-26-17/h1-6,11H,7-10,12H2,(H,20,23). The van der Waals surface area contributed by atoms with Crippen molar-refractivity contribution in [3.8, 4) is 0 Å². The molecule has 27 heavy (non-hydrogen) atoms. The third-order valence-electron chi connectivity index (χ3n) is 4.65. The molecule has 1 N–H and O–H groups in total. The largest absolute Gasteiger partial charge is 0.369 e. The summed E-state index contributed by atoms with van der Waals surface area (Å²) in [6.07, 6.45) is 0. The first kappa shape index (κ1) is 18.6. The van der Waals surface area contributed by atoms with Gasteiger partial charge in [0.15, 0.2) is 0 Å². The van der Waals surface area contributed by atoms with Gasteiger partial charge in [0.1, 0.15) is 0 Å². The Morgan fingerprint density at radius 3 is 2.41 bits per heavy atom. The minimum absolute atomic E-state index is 0.112. The third kappa shape index (κ3) is 3.80. The zero-order valence-corrected chi connectivity index (χ0v) is 16.8. The number of anilines is 2. The summed E-state index contributed by atoms with van der Waals surface area (Å²) in [6.45, 7) is 2.03. The van der Waals surface area contributed by atoms with Crippen molar-refractivity contribution in [2.45, 2.75) is 9.79 Å². The van der Waals surface area contributed by atoms with Gasteiger partial charge in [0.2, 0.25) is 15.9 Å². The normalized spacial score (nSPS) is 18.1. The quantitative estimate of drug-likeness (QED) is 0.822. The van der Waals surface area contributed by atoms with Crippen LogP contribution in [0.4, 0.5) is 11.4 Å². The van der Waals surface area contributed by atoms with Gasteiger partial charge in [0.25, 0.3) is 0 Å². The maximum Gasteiger partial charge on any atom is 0.243 e. The molecule has 0 saturated carbocycles. The van der Waals surface area contributed by atoms with Crippen molar-refractivity contribution in [1.82, 2.24) is 4.31 Å². The van der Waals surface area contributed by atoms with E-state index in [-0.39, 0.29) is 10.8 Å². The van der Waals surface area contributed by atoms with E-state index in [0.717, 1.165) is 10.6 Å². The zero-order chi connectivity index (χ0) is 19.0. The van der Waals surface area contributed by atoms with Gasteiger partial charge in [-0.25, -0.2) is 8.42 Å². The topological polar surface area (TPSA) is 69.7 Å². The number of amides is 1. The fourth-order valence-electron chi connectivity index (χ4n) is 3.21. The smallest absolute Gasteiger partial charge is 0.243 e. The average molecular weight is 424 g/mol. The van der Waals surface area contributed by atoms with Crippen LogP contribution < -0.4 is 10.2 Å². The summed E-state index contributed by atoms with van der Waals surface area (Å²) >= 11 is 7.34. The SMILES string of the molecule is O=C1CSc2ccc(S(=O)(=O)N3CCN(c4ccc(Cl)cc4)CC3)cc2N1. The number of thioether (sulfide) groups is 1. The van der Waals surface area contributed by atoms with E-state index in [9.17, 15) is 13.2 Å². The van der Waals surface area contributed by atoms with E-state index in [4.69, 9.17) is 11.6 Å². The Morgan fingerprint density at radius 2 is 1.70 bits per heavy atom. The highest BCUT2D eigenvalue weighted by molar-refractivity contribution is 8.00. The number of nitrogens with one attached hydrogen (secondary N) is 1. The van der Waals surface area contributed by atoms with Crippen LogP contribution in [0.3, 0.4) is 0 Å².